The van der Waals surface area contributed by atoms with Crippen molar-refractivity contribution in [3.05, 3.63) is 53.6 Å². The summed E-state index contributed by atoms with van der Waals surface area (Å²) < 4.78 is 6.28. The summed E-state index contributed by atoms with van der Waals surface area (Å²) in [7, 11) is 0. The van der Waals surface area contributed by atoms with Crippen LogP contribution in [-0.2, 0) is 0 Å². The Balaban J connectivity index is 1.78. The van der Waals surface area contributed by atoms with Crippen molar-refractivity contribution in [2.45, 2.75) is 31.8 Å². The molecule has 4 rings (SSSR count). The Kier molecular flexibility index (Phi) is 3.03. The Morgan fingerprint density at radius 2 is 1.68 bits per heavy atom. The van der Waals surface area contributed by atoms with Gasteiger partial charge in [-0.2, -0.15) is 0 Å². The second-order valence-corrected chi connectivity index (χ2v) is 6.70. The SMILES string of the molecule is C[C@H]1C[C@@H]2[C@H](C1)c1cc(O)ccc1O[C@@H]2c1ccc(O)cc1. The lowest BCUT2D eigenvalue weighted by molar-refractivity contribution is 0.103. The first-order valence-corrected chi connectivity index (χ1v) is 7.90. The predicted molar refractivity (Wildman–Crippen MR) is 84.2 cm³/mol. The molecule has 0 bridgehead atoms. The zero-order valence-corrected chi connectivity index (χ0v) is 12.6. The van der Waals surface area contributed by atoms with Crippen LogP contribution >= 0.6 is 0 Å². The summed E-state index contributed by atoms with van der Waals surface area (Å²) in [5.41, 5.74) is 2.25. The summed E-state index contributed by atoms with van der Waals surface area (Å²) in [6.45, 7) is 2.29. The zero-order chi connectivity index (χ0) is 15.3. The summed E-state index contributed by atoms with van der Waals surface area (Å²) in [6.07, 6.45) is 2.29. The van der Waals surface area contributed by atoms with Crippen molar-refractivity contribution >= 4 is 0 Å². The van der Waals surface area contributed by atoms with E-state index in [4.69, 9.17) is 4.74 Å². The highest BCUT2D eigenvalue weighted by atomic mass is 16.5. The van der Waals surface area contributed by atoms with Crippen LogP contribution in [0.1, 0.15) is 42.9 Å². The van der Waals surface area contributed by atoms with Crippen LogP contribution in [0.4, 0.5) is 0 Å². The van der Waals surface area contributed by atoms with Crippen molar-refractivity contribution < 1.29 is 14.9 Å². The molecule has 0 saturated heterocycles. The number of fused-ring (bicyclic) bond motifs is 3. The van der Waals surface area contributed by atoms with Gasteiger partial charge in [-0.25, -0.2) is 0 Å². The summed E-state index contributed by atoms with van der Waals surface area (Å²) in [5, 5.41) is 19.3. The van der Waals surface area contributed by atoms with Crippen molar-refractivity contribution in [3.8, 4) is 17.2 Å². The number of phenols is 2. The second kappa shape index (κ2) is 4.94. The normalized spacial score (nSPS) is 29.5. The Bertz CT molecular complexity index is 692. The maximum atomic E-state index is 9.80. The van der Waals surface area contributed by atoms with Crippen LogP contribution < -0.4 is 4.74 Å². The molecule has 2 N–H and O–H groups in total. The fourth-order valence-electron chi connectivity index (χ4n) is 4.16. The smallest absolute Gasteiger partial charge is 0.127 e. The molecular weight excluding hydrogens is 276 g/mol. The molecule has 2 aliphatic rings. The Morgan fingerprint density at radius 1 is 0.955 bits per heavy atom. The maximum absolute atomic E-state index is 9.80. The molecule has 2 aromatic carbocycles. The van der Waals surface area contributed by atoms with E-state index >= 15 is 0 Å². The van der Waals surface area contributed by atoms with Crippen LogP contribution in [-0.4, -0.2) is 10.2 Å². The molecule has 1 fully saturated rings. The number of rotatable bonds is 1. The molecule has 4 atom stereocenters. The molecule has 0 spiro atoms. The molecule has 0 radical (unpaired) electrons. The standard InChI is InChI=1S/C19H20O3/c1-11-8-15-16-10-14(21)6-7-18(16)22-19(17(15)9-11)12-2-4-13(20)5-3-12/h2-7,10-11,15,17,19-21H,8-9H2,1H3/t11-,15-,17-,19-/m1/s1. The molecule has 2 aromatic rings. The van der Waals surface area contributed by atoms with E-state index in [2.05, 4.69) is 6.92 Å². The molecule has 114 valence electrons. The van der Waals surface area contributed by atoms with Crippen LogP contribution in [0, 0.1) is 11.8 Å². The van der Waals surface area contributed by atoms with E-state index in [-0.39, 0.29) is 11.9 Å². The van der Waals surface area contributed by atoms with Crippen molar-refractivity contribution in [1.29, 1.82) is 0 Å². The quantitative estimate of drug-likeness (QED) is 0.822. The molecule has 0 aromatic heterocycles. The van der Waals surface area contributed by atoms with E-state index in [1.807, 2.05) is 24.3 Å². The van der Waals surface area contributed by atoms with Gasteiger partial charge in [-0.1, -0.05) is 19.1 Å². The average molecular weight is 296 g/mol. The summed E-state index contributed by atoms with van der Waals surface area (Å²) in [4.78, 5) is 0. The molecular formula is C19H20O3. The van der Waals surface area contributed by atoms with E-state index < -0.39 is 0 Å². The van der Waals surface area contributed by atoms with Gasteiger partial charge in [0.1, 0.15) is 23.4 Å². The van der Waals surface area contributed by atoms with Crippen molar-refractivity contribution in [2.75, 3.05) is 0 Å². The third kappa shape index (κ3) is 2.12. The topological polar surface area (TPSA) is 49.7 Å². The highest BCUT2D eigenvalue weighted by Gasteiger charge is 2.44. The molecule has 22 heavy (non-hydrogen) atoms. The van der Waals surface area contributed by atoms with Gasteiger partial charge in [0, 0.05) is 11.5 Å². The number of hydrogen-bond acceptors (Lipinski definition) is 3. The van der Waals surface area contributed by atoms with Crippen LogP contribution in [0.3, 0.4) is 0 Å². The van der Waals surface area contributed by atoms with Gasteiger partial charge in [-0.05, 0) is 60.6 Å². The first-order valence-electron chi connectivity index (χ1n) is 7.90. The maximum Gasteiger partial charge on any atom is 0.127 e. The highest BCUT2D eigenvalue weighted by Crippen LogP contribution is 2.55. The van der Waals surface area contributed by atoms with Gasteiger partial charge in [-0.15, -0.1) is 0 Å². The molecule has 1 heterocycles. The monoisotopic (exact) mass is 296 g/mol. The van der Waals surface area contributed by atoms with Crippen molar-refractivity contribution in [3.63, 3.8) is 0 Å². The number of ether oxygens (including phenoxy) is 1. The third-order valence-electron chi connectivity index (χ3n) is 5.10. The molecule has 1 aliphatic carbocycles. The van der Waals surface area contributed by atoms with Crippen molar-refractivity contribution in [1.82, 2.24) is 0 Å². The summed E-state index contributed by atoms with van der Waals surface area (Å²) in [5.74, 6) is 2.99. The molecule has 0 unspecified atom stereocenters. The number of aromatic hydroxyl groups is 2. The molecule has 1 saturated carbocycles. The lowest BCUT2D eigenvalue weighted by atomic mass is 9.80. The average Bonchev–Trinajstić information content (AvgIpc) is 2.89. The number of phenolic OH excluding ortho intramolecular Hbond substituents is 2. The molecule has 0 amide bonds. The van der Waals surface area contributed by atoms with E-state index in [0.29, 0.717) is 23.5 Å². The first kappa shape index (κ1) is 13.5. The van der Waals surface area contributed by atoms with Gasteiger partial charge < -0.3 is 14.9 Å². The van der Waals surface area contributed by atoms with Gasteiger partial charge in [-0.3, -0.25) is 0 Å². The zero-order valence-electron chi connectivity index (χ0n) is 12.6. The predicted octanol–water partition coefficient (Wildman–Crippen LogP) is 4.36. The summed E-state index contributed by atoms with van der Waals surface area (Å²) >= 11 is 0. The van der Waals surface area contributed by atoms with E-state index in [0.717, 1.165) is 29.7 Å². The van der Waals surface area contributed by atoms with Crippen LogP contribution in [0.25, 0.3) is 0 Å². The van der Waals surface area contributed by atoms with Gasteiger partial charge in [0.2, 0.25) is 0 Å². The number of benzene rings is 2. The Hall–Kier alpha value is -2.16. The molecule has 3 nitrogen and oxygen atoms in total. The van der Waals surface area contributed by atoms with Crippen LogP contribution in [0.2, 0.25) is 0 Å². The van der Waals surface area contributed by atoms with Crippen LogP contribution in [0.5, 0.6) is 17.2 Å². The van der Waals surface area contributed by atoms with Gasteiger partial charge in [0.05, 0.1) is 0 Å². The Labute approximate surface area is 130 Å². The van der Waals surface area contributed by atoms with Crippen LogP contribution in [0.15, 0.2) is 42.5 Å². The van der Waals surface area contributed by atoms with Gasteiger partial charge in [0.25, 0.3) is 0 Å². The third-order valence-corrected chi connectivity index (χ3v) is 5.10. The van der Waals surface area contributed by atoms with Crippen molar-refractivity contribution in [2.24, 2.45) is 11.8 Å². The number of hydrogen-bond donors (Lipinski definition) is 2. The minimum absolute atomic E-state index is 0.0209. The highest BCUT2D eigenvalue weighted by molar-refractivity contribution is 5.45. The van der Waals surface area contributed by atoms with E-state index in [1.54, 1.807) is 18.2 Å². The van der Waals surface area contributed by atoms with Gasteiger partial charge >= 0.3 is 0 Å². The minimum atomic E-state index is 0.0209. The first-order chi connectivity index (χ1) is 10.6. The fraction of sp³-hybridized carbons (Fsp3) is 0.368. The second-order valence-electron chi connectivity index (χ2n) is 6.70. The largest absolute Gasteiger partial charge is 0.508 e. The van der Waals surface area contributed by atoms with E-state index in [1.165, 1.54) is 0 Å². The lowest BCUT2D eigenvalue weighted by Crippen LogP contribution is -2.26. The fourth-order valence-corrected chi connectivity index (χ4v) is 4.16. The van der Waals surface area contributed by atoms with E-state index in [9.17, 15) is 10.2 Å². The molecule has 3 heteroatoms. The van der Waals surface area contributed by atoms with Gasteiger partial charge in [0.15, 0.2) is 0 Å². The minimum Gasteiger partial charge on any atom is -0.508 e. The Morgan fingerprint density at radius 3 is 2.45 bits per heavy atom. The molecule has 1 aliphatic heterocycles. The lowest BCUT2D eigenvalue weighted by Gasteiger charge is -2.36. The summed E-state index contributed by atoms with van der Waals surface area (Å²) in [6, 6.07) is 12.8.